The summed E-state index contributed by atoms with van der Waals surface area (Å²) < 4.78 is 5.28. The lowest BCUT2D eigenvalue weighted by Crippen LogP contribution is -2.37. The van der Waals surface area contributed by atoms with Gasteiger partial charge in [0, 0.05) is 32.6 Å². The standard InChI is InChI=1S/C22H29N3O3/c1-18-20(10-16-28-18)22(27)25(17-19-7-3-2-4-8-19)14-9-21(26)23-11-15-24-12-5-6-13-24/h2-4,7-8,10,16H,5-6,9,11-15,17H2,1H3,(H,23,26). The van der Waals surface area contributed by atoms with Crippen LogP contribution in [-0.4, -0.2) is 54.3 Å². The molecule has 0 bridgehead atoms. The number of amides is 2. The molecule has 2 heterocycles. The molecule has 150 valence electrons. The lowest BCUT2D eigenvalue weighted by atomic mass is 10.1. The van der Waals surface area contributed by atoms with Crippen molar-refractivity contribution in [3.8, 4) is 0 Å². The maximum Gasteiger partial charge on any atom is 0.257 e. The summed E-state index contributed by atoms with van der Waals surface area (Å²) in [6.07, 6.45) is 4.31. The van der Waals surface area contributed by atoms with E-state index in [-0.39, 0.29) is 18.2 Å². The van der Waals surface area contributed by atoms with Gasteiger partial charge in [0.05, 0.1) is 11.8 Å². The zero-order valence-electron chi connectivity index (χ0n) is 16.5. The Balaban J connectivity index is 1.54. The highest BCUT2D eigenvalue weighted by atomic mass is 16.3. The molecule has 0 spiro atoms. The van der Waals surface area contributed by atoms with Gasteiger partial charge in [-0.1, -0.05) is 30.3 Å². The van der Waals surface area contributed by atoms with E-state index in [1.165, 1.54) is 19.1 Å². The van der Waals surface area contributed by atoms with E-state index in [0.29, 0.717) is 31.0 Å². The Morgan fingerprint density at radius 1 is 1.14 bits per heavy atom. The topological polar surface area (TPSA) is 65.8 Å². The van der Waals surface area contributed by atoms with E-state index in [0.717, 1.165) is 25.2 Å². The molecule has 0 unspecified atom stereocenters. The average molecular weight is 383 g/mol. The van der Waals surface area contributed by atoms with Crippen LogP contribution in [-0.2, 0) is 11.3 Å². The molecule has 3 rings (SSSR count). The van der Waals surface area contributed by atoms with Gasteiger partial charge >= 0.3 is 0 Å². The number of carbonyl (C=O) groups excluding carboxylic acids is 2. The predicted octanol–water partition coefficient (Wildman–Crippen LogP) is 2.83. The van der Waals surface area contributed by atoms with Crippen LogP contribution in [0.2, 0.25) is 0 Å². The zero-order valence-corrected chi connectivity index (χ0v) is 16.5. The van der Waals surface area contributed by atoms with Gasteiger partial charge in [0.15, 0.2) is 0 Å². The van der Waals surface area contributed by atoms with Crippen molar-refractivity contribution in [2.45, 2.75) is 32.7 Å². The third-order valence-corrected chi connectivity index (χ3v) is 5.15. The Labute approximate surface area is 166 Å². The number of nitrogens with one attached hydrogen (secondary N) is 1. The number of furan rings is 1. The molecular formula is C22H29N3O3. The second kappa shape index (κ2) is 10.1. The van der Waals surface area contributed by atoms with Crippen LogP contribution in [0.3, 0.4) is 0 Å². The summed E-state index contributed by atoms with van der Waals surface area (Å²) in [5, 5.41) is 2.98. The molecule has 0 saturated carbocycles. The predicted molar refractivity (Wildman–Crippen MR) is 108 cm³/mol. The van der Waals surface area contributed by atoms with Crippen molar-refractivity contribution in [3.05, 3.63) is 59.5 Å². The molecule has 1 aromatic carbocycles. The third kappa shape index (κ3) is 5.70. The summed E-state index contributed by atoms with van der Waals surface area (Å²) >= 11 is 0. The Hall–Kier alpha value is -2.60. The van der Waals surface area contributed by atoms with Gasteiger partial charge in [-0.05, 0) is 44.5 Å². The summed E-state index contributed by atoms with van der Waals surface area (Å²) in [6, 6.07) is 11.5. The molecule has 1 aliphatic rings. The van der Waals surface area contributed by atoms with Crippen molar-refractivity contribution in [1.82, 2.24) is 15.1 Å². The van der Waals surface area contributed by atoms with E-state index in [4.69, 9.17) is 4.42 Å². The fraction of sp³-hybridized carbons (Fsp3) is 0.455. The quantitative estimate of drug-likeness (QED) is 0.723. The van der Waals surface area contributed by atoms with Gasteiger partial charge in [-0.15, -0.1) is 0 Å². The second-order valence-electron chi connectivity index (χ2n) is 7.25. The lowest BCUT2D eigenvalue weighted by Gasteiger charge is -2.23. The molecule has 1 aliphatic heterocycles. The molecule has 0 radical (unpaired) electrons. The molecule has 6 nitrogen and oxygen atoms in total. The minimum Gasteiger partial charge on any atom is -0.469 e. The normalized spacial score (nSPS) is 14.2. The maximum absolute atomic E-state index is 13.0. The van der Waals surface area contributed by atoms with Crippen molar-refractivity contribution in [3.63, 3.8) is 0 Å². The number of likely N-dealkylation sites (tertiary alicyclic amines) is 1. The Kier molecular flexibility index (Phi) is 7.25. The fourth-order valence-electron chi connectivity index (χ4n) is 3.52. The molecule has 2 amide bonds. The fourth-order valence-corrected chi connectivity index (χ4v) is 3.52. The first-order valence-electron chi connectivity index (χ1n) is 10.00. The van der Waals surface area contributed by atoms with Crippen LogP contribution in [0.1, 0.15) is 40.9 Å². The van der Waals surface area contributed by atoms with Crippen molar-refractivity contribution in [2.24, 2.45) is 0 Å². The maximum atomic E-state index is 13.0. The first-order valence-corrected chi connectivity index (χ1v) is 10.00. The third-order valence-electron chi connectivity index (χ3n) is 5.15. The van der Waals surface area contributed by atoms with E-state index >= 15 is 0 Å². The van der Waals surface area contributed by atoms with E-state index in [1.807, 2.05) is 30.3 Å². The Morgan fingerprint density at radius 3 is 2.57 bits per heavy atom. The van der Waals surface area contributed by atoms with Crippen molar-refractivity contribution in [2.75, 3.05) is 32.7 Å². The van der Waals surface area contributed by atoms with Crippen LogP contribution in [0.15, 0.2) is 47.1 Å². The average Bonchev–Trinajstić information content (AvgIpc) is 3.37. The van der Waals surface area contributed by atoms with Crippen molar-refractivity contribution < 1.29 is 14.0 Å². The number of hydrogen-bond donors (Lipinski definition) is 1. The Morgan fingerprint density at radius 2 is 1.89 bits per heavy atom. The highest BCUT2D eigenvalue weighted by Gasteiger charge is 2.20. The van der Waals surface area contributed by atoms with Crippen molar-refractivity contribution >= 4 is 11.8 Å². The van der Waals surface area contributed by atoms with Crippen LogP contribution in [0.4, 0.5) is 0 Å². The molecule has 28 heavy (non-hydrogen) atoms. The first-order chi connectivity index (χ1) is 13.6. The second-order valence-corrected chi connectivity index (χ2v) is 7.25. The number of rotatable bonds is 9. The van der Waals surface area contributed by atoms with Gasteiger partial charge in [0.2, 0.25) is 5.91 Å². The monoisotopic (exact) mass is 383 g/mol. The molecule has 1 saturated heterocycles. The summed E-state index contributed by atoms with van der Waals surface area (Å²) in [7, 11) is 0. The van der Waals surface area contributed by atoms with E-state index < -0.39 is 0 Å². The number of benzene rings is 1. The summed E-state index contributed by atoms with van der Waals surface area (Å²) in [6.45, 7) is 6.41. The number of nitrogens with zero attached hydrogens (tertiary/aromatic N) is 2. The molecular weight excluding hydrogens is 354 g/mol. The molecule has 6 heteroatoms. The van der Waals surface area contributed by atoms with E-state index in [1.54, 1.807) is 17.9 Å². The minimum atomic E-state index is -0.111. The molecule has 0 aliphatic carbocycles. The molecule has 0 atom stereocenters. The highest BCUT2D eigenvalue weighted by molar-refractivity contribution is 5.95. The van der Waals surface area contributed by atoms with Crippen LogP contribution in [0.5, 0.6) is 0 Å². The van der Waals surface area contributed by atoms with E-state index in [9.17, 15) is 9.59 Å². The van der Waals surface area contributed by atoms with Crippen LogP contribution in [0.25, 0.3) is 0 Å². The van der Waals surface area contributed by atoms with E-state index in [2.05, 4.69) is 10.2 Å². The summed E-state index contributed by atoms with van der Waals surface area (Å²) in [5.41, 5.74) is 1.58. The minimum absolute atomic E-state index is 0.0195. The smallest absolute Gasteiger partial charge is 0.257 e. The molecule has 1 aromatic heterocycles. The summed E-state index contributed by atoms with van der Waals surface area (Å²) in [5.74, 6) is 0.465. The van der Waals surface area contributed by atoms with Crippen LogP contribution in [0, 0.1) is 6.92 Å². The SMILES string of the molecule is Cc1occc1C(=O)N(CCC(=O)NCCN1CCCC1)Cc1ccccc1. The van der Waals surface area contributed by atoms with Gasteiger partial charge in [-0.25, -0.2) is 0 Å². The first kappa shape index (κ1) is 20.1. The number of aryl methyl sites for hydroxylation is 1. The van der Waals surface area contributed by atoms with Gasteiger partial charge in [0.25, 0.3) is 5.91 Å². The van der Waals surface area contributed by atoms with Crippen molar-refractivity contribution in [1.29, 1.82) is 0 Å². The summed E-state index contributed by atoms with van der Waals surface area (Å²) in [4.78, 5) is 29.3. The zero-order chi connectivity index (χ0) is 19.8. The lowest BCUT2D eigenvalue weighted by molar-refractivity contribution is -0.121. The molecule has 2 aromatic rings. The van der Waals surface area contributed by atoms with Crippen LogP contribution < -0.4 is 5.32 Å². The molecule has 1 N–H and O–H groups in total. The number of carbonyl (C=O) groups is 2. The van der Waals surface area contributed by atoms with Gasteiger partial charge in [-0.3, -0.25) is 9.59 Å². The molecule has 1 fully saturated rings. The Bertz CT molecular complexity index is 766. The largest absolute Gasteiger partial charge is 0.469 e. The highest BCUT2D eigenvalue weighted by Crippen LogP contribution is 2.15. The van der Waals surface area contributed by atoms with Gasteiger partial charge in [-0.2, -0.15) is 0 Å². The van der Waals surface area contributed by atoms with Gasteiger partial charge < -0.3 is 19.5 Å². The van der Waals surface area contributed by atoms with Gasteiger partial charge in [0.1, 0.15) is 5.76 Å². The number of hydrogen-bond acceptors (Lipinski definition) is 4. The van der Waals surface area contributed by atoms with Crippen LogP contribution >= 0.6 is 0 Å².